The summed E-state index contributed by atoms with van der Waals surface area (Å²) in [5.41, 5.74) is 6.52. The Bertz CT molecular complexity index is 497. The number of nitrogens with zero attached hydrogens (tertiary/aromatic N) is 1. The first-order chi connectivity index (χ1) is 10.4. The lowest BCUT2D eigenvalue weighted by molar-refractivity contribution is -0.0593. The summed E-state index contributed by atoms with van der Waals surface area (Å²) in [4.78, 5) is 14.7. The summed E-state index contributed by atoms with van der Waals surface area (Å²) < 4.78 is 6.10. The maximum absolute atomic E-state index is 12.9. The molecule has 22 heavy (non-hydrogen) atoms. The van der Waals surface area contributed by atoms with Crippen molar-refractivity contribution in [3.05, 3.63) is 35.9 Å². The quantitative estimate of drug-likeness (QED) is 0.907. The molecule has 1 saturated heterocycles. The predicted molar refractivity (Wildman–Crippen MR) is 88.2 cm³/mol. The Morgan fingerprint density at radius 1 is 1.27 bits per heavy atom. The van der Waals surface area contributed by atoms with Crippen molar-refractivity contribution >= 4 is 5.91 Å². The Balaban J connectivity index is 2.37. The fourth-order valence-electron chi connectivity index (χ4n) is 3.46. The number of carbonyl (C=O) groups is 1. The minimum absolute atomic E-state index is 0.0187. The van der Waals surface area contributed by atoms with E-state index in [0.29, 0.717) is 11.5 Å². The molecule has 2 atom stereocenters. The predicted octanol–water partition coefficient (Wildman–Crippen LogP) is 3.37. The molecule has 0 aliphatic carbocycles. The van der Waals surface area contributed by atoms with E-state index in [9.17, 15) is 4.79 Å². The van der Waals surface area contributed by atoms with Crippen molar-refractivity contribution in [2.45, 2.75) is 65.0 Å². The average molecular weight is 304 g/mol. The Hall–Kier alpha value is -1.39. The van der Waals surface area contributed by atoms with E-state index >= 15 is 0 Å². The topological polar surface area (TPSA) is 55.6 Å². The lowest BCUT2D eigenvalue weighted by atomic mass is 9.83. The van der Waals surface area contributed by atoms with Crippen molar-refractivity contribution in [3.63, 3.8) is 0 Å². The highest BCUT2D eigenvalue weighted by atomic mass is 16.6. The molecule has 1 aromatic rings. The van der Waals surface area contributed by atoms with Crippen LogP contribution in [0.3, 0.4) is 0 Å². The third-order valence-corrected chi connectivity index (χ3v) is 4.72. The molecule has 2 rings (SSSR count). The number of hydrogen-bond acceptors (Lipinski definition) is 3. The Morgan fingerprint density at radius 3 is 2.36 bits per heavy atom. The van der Waals surface area contributed by atoms with Gasteiger partial charge in [0.1, 0.15) is 0 Å². The van der Waals surface area contributed by atoms with Gasteiger partial charge in [0.05, 0.1) is 11.6 Å². The molecule has 2 N–H and O–H groups in total. The zero-order chi connectivity index (χ0) is 16.3. The minimum Gasteiger partial charge on any atom is -0.336 e. The van der Waals surface area contributed by atoms with Gasteiger partial charge in [-0.3, -0.25) is 15.4 Å². The van der Waals surface area contributed by atoms with Crippen molar-refractivity contribution < 1.29 is 9.53 Å². The zero-order valence-corrected chi connectivity index (χ0v) is 14.1. The monoisotopic (exact) mass is 304 g/mol. The highest BCUT2D eigenvalue weighted by Crippen LogP contribution is 2.40. The smallest absolute Gasteiger partial charge is 0.257 e. The summed E-state index contributed by atoms with van der Waals surface area (Å²) in [5, 5.41) is 0. The van der Waals surface area contributed by atoms with E-state index in [0.717, 1.165) is 19.3 Å². The number of ether oxygens (including phenoxy) is 1. The van der Waals surface area contributed by atoms with E-state index in [1.54, 1.807) is 4.90 Å². The molecule has 1 heterocycles. The summed E-state index contributed by atoms with van der Waals surface area (Å²) in [6, 6.07) is 9.34. The summed E-state index contributed by atoms with van der Waals surface area (Å²) in [6.45, 7) is 8.57. The van der Waals surface area contributed by atoms with Gasteiger partial charge in [-0.1, -0.05) is 45.9 Å². The summed E-state index contributed by atoms with van der Waals surface area (Å²) in [5.74, 6) is 0.435. The van der Waals surface area contributed by atoms with Gasteiger partial charge in [0.2, 0.25) is 0 Å². The normalized spacial score (nSPS) is 24.0. The van der Waals surface area contributed by atoms with Crippen molar-refractivity contribution in [1.82, 2.24) is 4.90 Å². The average Bonchev–Trinajstić information content (AvgIpc) is 2.79. The third-order valence-electron chi connectivity index (χ3n) is 4.72. The van der Waals surface area contributed by atoms with Crippen LogP contribution in [0.2, 0.25) is 0 Å². The van der Waals surface area contributed by atoms with Crippen LogP contribution in [-0.2, 0) is 4.74 Å². The maximum Gasteiger partial charge on any atom is 0.257 e. The first kappa shape index (κ1) is 17.0. The van der Waals surface area contributed by atoms with Gasteiger partial charge >= 0.3 is 0 Å². The molecule has 4 nitrogen and oxygen atoms in total. The highest BCUT2D eigenvalue weighted by molar-refractivity contribution is 5.94. The van der Waals surface area contributed by atoms with Crippen LogP contribution in [0.1, 0.15) is 57.3 Å². The highest BCUT2D eigenvalue weighted by Gasteiger charge is 2.52. The second kappa shape index (κ2) is 6.80. The van der Waals surface area contributed by atoms with Crippen LogP contribution in [0.15, 0.2) is 30.3 Å². The molecule has 4 heteroatoms. The first-order valence-corrected chi connectivity index (χ1v) is 8.26. The molecule has 1 amide bonds. The molecule has 1 aliphatic rings. The molecule has 0 aromatic heterocycles. The number of amides is 1. The standard InChI is InChI=1S/C18H28N2O2/c1-5-18(6-2)15(12-13(3)4)20(17(19)22-18)16(21)14-10-8-7-9-11-14/h7-11,13,15,17H,5-6,12,19H2,1-4H3/t15-,17-/m0/s1. The molecule has 0 radical (unpaired) electrons. The zero-order valence-electron chi connectivity index (χ0n) is 14.1. The number of hydrogen-bond donors (Lipinski definition) is 1. The largest absolute Gasteiger partial charge is 0.336 e. The Morgan fingerprint density at radius 2 is 1.86 bits per heavy atom. The van der Waals surface area contributed by atoms with Crippen molar-refractivity contribution in [2.24, 2.45) is 11.7 Å². The van der Waals surface area contributed by atoms with Crippen LogP contribution in [-0.4, -0.2) is 28.8 Å². The SMILES string of the molecule is CCC1(CC)O[C@@H](N)N(C(=O)c2ccccc2)[C@H]1CC(C)C. The maximum atomic E-state index is 12.9. The van der Waals surface area contributed by atoms with Crippen LogP contribution in [0, 0.1) is 5.92 Å². The van der Waals surface area contributed by atoms with E-state index < -0.39 is 6.35 Å². The number of nitrogens with two attached hydrogens (primary N) is 1. The molecular formula is C18H28N2O2. The van der Waals surface area contributed by atoms with Gasteiger partial charge in [0, 0.05) is 5.56 Å². The molecule has 122 valence electrons. The molecule has 1 fully saturated rings. The molecule has 0 bridgehead atoms. The van der Waals surface area contributed by atoms with Gasteiger partial charge in [-0.05, 0) is 37.3 Å². The van der Waals surface area contributed by atoms with Crippen molar-refractivity contribution in [3.8, 4) is 0 Å². The van der Waals surface area contributed by atoms with Crippen molar-refractivity contribution in [1.29, 1.82) is 0 Å². The molecule has 0 spiro atoms. The second-order valence-electron chi connectivity index (χ2n) is 6.50. The van der Waals surface area contributed by atoms with Gasteiger partial charge in [-0.15, -0.1) is 0 Å². The van der Waals surface area contributed by atoms with Crippen LogP contribution >= 0.6 is 0 Å². The summed E-state index contributed by atoms with van der Waals surface area (Å²) in [6.07, 6.45) is 1.94. The van der Waals surface area contributed by atoms with Gasteiger partial charge in [0.25, 0.3) is 5.91 Å². The molecule has 1 aromatic carbocycles. The fraction of sp³-hybridized carbons (Fsp3) is 0.611. The number of rotatable bonds is 5. The first-order valence-electron chi connectivity index (χ1n) is 8.26. The minimum atomic E-state index is -0.670. The van der Waals surface area contributed by atoms with Gasteiger partial charge in [-0.25, -0.2) is 0 Å². The molecule has 0 unspecified atom stereocenters. The molecule has 1 aliphatic heterocycles. The third kappa shape index (κ3) is 3.03. The van der Waals surface area contributed by atoms with E-state index in [4.69, 9.17) is 10.5 Å². The van der Waals surface area contributed by atoms with E-state index in [-0.39, 0.29) is 17.6 Å². The fourth-order valence-corrected chi connectivity index (χ4v) is 3.46. The number of carbonyl (C=O) groups excluding carboxylic acids is 1. The van der Waals surface area contributed by atoms with E-state index in [1.807, 2.05) is 30.3 Å². The molecule has 0 saturated carbocycles. The second-order valence-corrected chi connectivity index (χ2v) is 6.50. The van der Waals surface area contributed by atoms with Gasteiger partial charge in [-0.2, -0.15) is 0 Å². The van der Waals surface area contributed by atoms with Crippen LogP contribution in [0.5, 0.6) is 0 Å². The molecular weight excluding hydrogens is 276 g/mol. The Kier molecular flexibility index (Phi) is 5.24. The van der Waals surface area contributed by atoms with Crippen molar-refractivity contribution in [2.75, 3.05) is 0 Å². The van der Waals surface area contributed by atoms with Crippen LogP contribution in [0.4, 0.5) is 0 Å². The summed E-state index contributed by atoms with van der Waals surface area (Å²) in [7, 11) is 0. The van der Waals surface area contributed by atoms with Gasteiger partial charge < -0.3 is 4.74 Å². The van der Waals surface area contributed by atoms with Crippen LogP contribution < -0.4 is 5.73 Å². The lowest BCUT2D eigenvalue weighted by Crippen LogP contribution is -2.50. The summed E-state index contributed by atoms with van der Waals surface area (Å²) >= 11 is 0. The van der Waals surface area contributed by atoms with Crippen LogP contribution in [0.25, 0.3) is 0 Å². The van der Waals surface area contributed by atoms with Gasteiger partial charge in [0.15, 0.2) is 6.35 Å². The number of benzene rings is 1. The lowest BCUT2D eigenvalue weighted by Gasteiger charge is -2.35. The van der Waals surface area contributed by atoms with E-state index in [1.165, 1.54) is 0 Å². The van der Waals surface area contributed by atoms with E-state index in [2.05, 4.69) is 27.7 Å². The Labute approximate surface area is 133 Å².